The van der Waals surface area contributed by atoms with E-state index in [1.165, 1.54) is 0 Å². The molecule has 0 bridgehead atoms. The maximum absolute atomic E-state index is 11.5. The summed E-state index contributed by atoms with van der Waals surface area (Å²) in [5, 5.41) is 0. The van der Waals surface area contributed by atoms with E-state index >= 15 is 0 Å². The van der Waals surface area contributed by atoms with Gasteiger partial charge in [0.2, 0.25) is 0 Å². The Morgan fingerprint density at radius 1 is 0.700 bits per heavy atom. The molecule has 0 aliphatic rings. The first-order valence-electron chi connectivity index (χ1n) is 7.88. The summed E-state index contributed by atoms with van der Waals surface area (Å²) < 4.78 is 10.3. The van der Waals surface area contributed by atoms with Gasteiger partial charge in [0.1, 0.15) is 0 Å². The van der Waals surface area contributed by atoms with Crippen LogP contribution < -0.4 is 0 Å². The second-order valence-electron chi connectivity index (χ2n) is 5.23. The minimum Gasteiger partial charge on any atom is -0.465 e. The van der Waals surface area contributed by atoms with Crippen molar-refractivity contribution >= 4 is 11.9 Å². The number of carbonyl (C=O) groups is 2. The van der Waals surface area contributed by atoms with Crippen LogP contribution in [0.25, 0.3) is 0 Å². The largest absolute Gasteiger partial charge is 0.465 e. The van der Waals surface area contributed by atoms with Crippen LogP contribution in [0.15, 0.2) is 0 Å². The molecular formula is C16H30O4. The predicted molar refractivity (Wildman–Crippen MR) is 79.3 cm³/mol. The van der Waals surface area contributed by atoms with Crippen molar-refractivity contribution in [1.29, 1.82) is 0 Å². The molecule has 4 heteroatoms. The van der Waals surface area contributed by atoms with Crippen LogP contribution in [0, 0.1) is 11.8 Å². The average Bonchev–Trinajstić information content (AvgIpc) is 2.47. The number of carbonyl (C=O) groups excluding carboxylic acids is 2. The number of rotatable bonds is 11. The molecule has 0 saturated carbocycles. The zero-order valence-electron chi connectivity index (χ0n) is 13.4. The maximum atomic E-state index is 11.5. The van der Waals surface area contributed by atoms with Crippen LogP contribution in [-0.4, -0.2) is 25.2 Å². The Hall–Kier alpha value is -1.06. The van der Waals surface area contributed by atoms with Crippen molar-refractivity contribution in [2.45, 2.75) is 66.2 Å². The molecule has 0 amide bonds. The van der Waals surface area contributed by atoms with Gasteiger partial charge in [-0.25, -0.2) is 0 Å². The Bertz CT molecular complexity index is 240. The van der Waals surface area contributed by atoms with Gasteiger partial charge in [-0.2, -0.15) is 0 Å². The fourth-order valence-electron chi connectivity index (χ4n) is 1.82. The standard InChI is InChI=1S/C16H30O4/c1-5-13(6-2)11-19-15(17)9-10-16(18)20-12-14(7-3)8-4/h13-14H,5-12H2,1-4H3. The van der Waals surface area contributed by atoms with Crippen LogP contribution in [0.2, 0.25) is 0 Å². The van der Waals surface area contributed by atoms with Crippen molar-refractivity contribution in [3.05, 3.63) is 0 Å². The molecule has 0 fully saturated rings. The fourth-order valence-corrected chi connectivity index (χ4v) is 1.82. The molecule has 4 nitrogen and oxygen atoms in total. The Morgan fingerprint density at radius 3 is 1.25 bits per heavy atom. The third-order valence-corrected chi connectivity index (χ3v) is 3.80. The highest BCUT2D eigenvalue weighted by atomic mass is 16.5. The van der Waals surface area contributed by atoms with Gasteiger partial charge in [-0.3, -0.25) is 9.59 Å². The van der Waals surface area contributed by atoms with Crippen molar-refractivity contribution in [3.63, 3.8) is 0 Å². The van der Waals surface area contributed by atoms with Gasteiger partial charge in [-0.15, -0.1) is 0 Å². The second-order valence-corrected chi connectivity index (χ2v) is 5.23. The molecular weight excluding hydrogens is 256 g/mol. The zero-order valence-corrected chi connectivity index (χ0v) is 13.4. The average molecular weight is 286 g/mol. The lowest BCUT2D eigenvalue weighted by atomic mass is 10.1. The lowest BCUT2D eigenvalue weighted by Gasteiger charge is -2.13. The molecule has 0 saturated heterocycles. The van der Waals surface area contributed by atoms with Crippen molar-refractivity contribution in [2.24, 2.45) is 11.8 Å². The predicted octanol–water partition coefficient (Wildman–Crippen LogP) is 3.73. The molecule has 0 heterocycles. The Balaban J connectivity index is 3.75. The third-order valence-electron chi connectivity index (χ3n) is 3.80. The smallest absolute Gasteiger partial charge is 0.306 e. The van der Waals surface area contributed by atoms with Crippen LogP contribution in [0.4, 0.5) is 0 Å². The van der Waals surface area contributed by atoms with Crippen LogP contribution in [0.3, 0.4) is 0 Å². The molecule has 0 N–H and O–H groups in total. The summed E-state index contributed by atoms with van der Waals surface area (Å²) in [4.78, 5) is 23.0. The van der Waals surface area contributed by atoms with Crippen LogP contribution in [0.1, 0.15) is 66.2 Å². The summed E-state index contributed by atoms with van der Waals surface area (Å²) in [5.74, 6) is 0.217. The quantitative estimate of drug-likeness (QED) is 0.543. The number of hydrogen-bond acceptors (Lipinski definition) is 4. The first kappa shape index (κ1) is 18.9. The molecule has 0 aromatic rings. The molecule has 0 radical (unpaired) electrons. The third kappa shape index (κ3) is 8.94. The van der Waals surface area contributed by atoms with Gasteiger partial charge < -0.3 is 9.47 Å². The van der Waals surface area contributed by atoms with Gasteiger partial charge in [0.05, 0.1) is 26.1 Å². The van der Waals surface area contributed by atoms with E-state index in [0.29, 0.717) is 25.0 Å². The molecule has 0 aliphatic carbocycles. The minimum atomic E-state index is -0.309. The van der Waals surface area contributed by atoms with E-state index in [0.717, 1.165) is 25.7 Å². The van der Waals surface area contributed by atoms with E-state index in [2.05, 4.69) is 27.7 Å². The summed E-state index contributed by atoms with van der Waals surface area (Å²) in [6, 6.07) is 0. The first-order chi connectivity index (χ1) is 9.57. The summed E-state index contributed by atoms with van der Waals surface area (Å²) in [7, 11) is 0. The molecule has 0 aromatic heterocycles. The molecule has 20 heavy (non-hydrogen) atoms. The van der Waals surface area contributed by atoms with E-state index in [1.54, 1.807) is 0 Å². The minimum absolute atomic E-state index is 0.113. The molecule has 118 valence electrons. The van der Waals surface area contributed by atoms with E-state index in [9.17, 15) is 9.59 Å². The molecule has 0 spiro atoms. The van der Waals surface area contributed by atoms with E-state index in [1.807, 2.05) is 0 Å². The lowest BCUT2D eigenvalue weighted by Crippen LogP contribution is -2.16. The monoisotopic (exact) mass is 286 g/mol. The lowest BCUT2D eigenvalue weighted by molar-refractivity contribution is -0.151. The van der Waals surface area contributed by atoms with Gasteiger partial charge in [0.15, 0.2) is 0 Å². The van der Waals surface area contributed by atoms with E-state index in [4.69, 9.17) is 9.47 Å². The van der Waals surface area contributed by atoms with Gasteiger partial charge in [-0.05, 0) is 11.8 Å². The second kappa shape index (κ2) is 11.7. The highest BCUT2D eigenvalue weighted by Crippen LogP contribution is 2.10. The highest BCUT2D eigenvalue weighted by Gasteiger charge is 2.13. The van der Waals surface area contributed by atoms with Crippen LogP contribution >= 0.6 is 0 Å². The van der Waals surface area contributed by atoms with Crippen molar-refractivity contribution in [3.8, 4) is 0 Å². The van der Waals surface area contributed by atoms with Crippen molar-refractivity contribution in [1.82, 2.24) is 0 Å². The Kier molecular flexibility index (Phi) is 11.1. The maximum Gasteiger partial charge on any atom is 0.306 e. The molecule has 0 aliphatic heterocycles. The molecule has 0 atom stereocenters. The summed E-state index contributed by atoms with van der Waals surface area (Å²) >= 11 is 0. The zero-order chi connectivity index (χ0) is 15.4. The van der Waals surface area contributed by atoms with Gasteiger partial charge in [0.25, 0.3) is 0 Å². The summed E-state index contributed by atoms with van der Waals surface area (Å²) in [6.07, 6.45) is 4.23. The SMILES string of the molecule is CCC(CC)COC(=O)CCC(=O)OCC(CC)CC. The fraction of sp³-hybridized carbons (Fsp3) is 0.875. The highest BCUT2D eigenvalue weighted by molar-refractivity contribution is 5.77. The first-order valence-corrected chi connectivity index (χ1v) is 7.88. The van der Waals surface area contributed by atoms with E-state index in [-0.39, 0.29) is 24.8 Å². The Labute approximate surface area is 123 Å². The Morgan fingerprint density at radius 2 is 1.00 bits per heavy atom. The van der Waals surface area contributed by atoms with E-state index < -0.39 is 0 Å². The summed E-state index contributed by atoms with van der Waals surface area (Å²) in [6.45, 7) is 9.23. The molecule has 0 aromatic carbocycles. The molecule has 0 rings (SSSR count). The van der Waals surface area contributed by atoms with Crippen molar-refractivity contribution in [2.75, 3.05) is 13.2 Å². The van der Waals surface area contributed by atoms with Gasteiger partial charge >= 0.3 is 11.9 Å². The topological polar surface area (TPSA) is 52.6 Å². The normalized spacial score (nSPS) is 10.9. The van der Waals surface area contributed by atoms with Gasteiger partial charge in [-0.1, -0.05) is 53.4 Å². The summed E-state index contributed by atoms with van der Waals surface area (Å²) in [5.41, 5.74) is 0. The number of esters is 2. The van der Waals surface area contributed by atoms with Crippen LogP contribution in [0.5, 0.6) is 0 Å². The number of ether oxygens (including phenoxy) is 2. The molecule has 0 unspecified atom stereocenters. The number of hydrogen-bond donors (Lipinski definition) is 0. The van der Waals surface area contributed by atoms with Crippen molar-refractivity contribution < 1.29 is 19.1 Å². The van der Waals surface area contributed by atoms with Crippen LogP contribution in [-0.2, 0) is 19.1 Å². The van der Waals surface area contributed by atoms with Gasteiger partial charge in [0, 0.05) is 0 Å².